The first-order chi connectivity index (χ1) is 8.49. The zero-order chi connectivity index (χ0) is 12.9. The van der Waals surface area contributed by atoms with Gasteiger partial charge in [-0.25, -0.2) is 0 Å². The molecule has 0 atom stereocenters. The van der Waals surface area contributed by atoms with Crippen LogP contribution in [0.5, 0.6) is 0 Å². The van der Waals surface area contributed by atoms with Gasteiger partial charge in [-0.05, 0) is 26.7 Å². The van der Waals surface area contributed by atoms with Crippen molar-refractivity contribution in [3.05, 3.63) is 41.0 Å². The summed E-state index contributed by atoms with van der Waals surface area (Å²) in [5.41, 5.74) is 2.07. The topological polar surface area (TPSA) is 50.1 Å². The minimum Gasteiger partial charge on any atom is -0.487 e. The van der Waals surface area contributed by atoms with Crippen molar-refractivity contribution in [2.45, 2.75) is 32.3 Å². The maximum Gasteiger partial charge on any atom is 0.210 e. The van der Waals surface area contributed by atoms with Gasteiger partial charge in [0.2, 0.25) is 5.78 Å². The van der Waals surface area contributed by atoms with Crippen molar-refractivity contribution >= 4 is 17.3 Å². The fourth-order valence-electron chi connectivity index (χ4n) is 2.53. The molecule has 1 aliphatic carbocycles. The normalized spacial score (nSPS) is 21.2. The molecule has 1 aromatic carbocycles. The summed E-state index contributed by atoms with van der Waals surface area (Å²) in [6.45, 7) is 4.06. The second-order valence-corrected chi connectivity index (χ2v) is 5.42. The van der Waals surface area contributed by atoms with Gasteiger partial charge in [-0.3, -0.25) is 10.2 Å². The van der Waals surface area contributed by atoms with Crippen LogP contribution in [0, 0.1) is 5.41 Å². The minimum atomic E-state index is -0.244. The fourth-order valence-corrected chi connectivity index (χ4v) is 2.53. The molecule has 0 spiro atoms. The maximum absolute atomic E-state index is 12.2. The van der Waals surface area contributed by atoms with Gasteiger partial charge < -0.3 is 4.74 Å². The highest BCUT2D eigenvalue weighted by molar-refractivity contribution is 6.53. The number of Topliss-reactive ketones (excluding diaryl/α,β-unsaturated/α-hetero) is 1. The molecule has 2 aliphatic rings. The van der Waals surface area contributed by atoms with Crippen molar-refractivity contribution < 1.29 is 9.53 Å². The lowest BCUT2D eigenvalue weighted by Crippen LogP contribution is -2.34. The van der Waals surface area contributed by atoms with E-state index >= 15 is 0 Å². The van der Waals surface area contributed by atoms with Gasteiger partial charge in [-0.15, -0.1) is 0 Å². The van der Waals surface area contributed by atoms with Crippen LogP contribution in [-0.4, -0.2) is 17.1 Å². The molecule has 0 radical (unpaired) electrons. The SMILES string of the molecule is CC1(C)CCC2=C(O1)c1ccccc1C(=N)C2=O. The molecule has 1 aliphatic heterocycles. The van der Waals surface area contributed by atoms with Crippen LogP contribution in [0.2, 0.25) is 0 Å². The van der Waals surface area contributed by atoms with Gasteiger partial charge in [-0.1, -0.05) is 24.3 Å². The first kappa shape index (κ1) is 11.2. The van der Waals surface area contributed by atoms with E-state index in [9.17, 15) is 4.79 Å². The zero-order valence-electron chi connectivity index (χ0n) is 10.5. The van der Waals surface area contributed by atoms with Crippen LogP contribution < -0.4 is 0 Å². The summed E-state index contributed by atoms with van der Waals surface area (Å²) >= 11 is 0. The Morgan fingerprint density at radius 2 is 1.89 bits per heavy atom. The third kappa shape index (κ3) is 1.50. The number of benzene rings is 1. The molecule has 1 aromatic rings. The zero-order valence-corrected chi connectivity index (χ0v) is 10.5. The lowest BCUT2D eigenvalue weighted by molar-refractivity contribution is -0.110. The molecular weight excluding hydrogens is 226 g/mol. The van der Waals surface area contributed by atoms with E-state index in [0.29, 0.717) is 23.3 Å². The van der Waals surface area contributed by atoms with Gasteiger partial charge in [0.05, 0.1) is 0 Å². The van der Waals surface area contributed by atoms with Crippen LogP contribution in [0.15, 0.2) is 29.8 Å². The quantitative estimate of drug-likeness (QED) is 0.759. The van der Waals surface area contributed by atoms with Crippen molar-refractivity contribution in [3.63, 3.8) is 0 Å². The summed E-state index contributed by atoms with van der Waals surface area (Å²) < 4.78 is 5.99. The highest BCUT2D eigenvalue weighted by Gasteiger charge is 2.37. The largest absolute Gasteiger partial charge is 0.487 e. The van der Waals surface area contributed by atoms with Crippen molar-refractivity contribution in [2.24, 2.45) is 0 Å². The van der Waals surface area contributed by atoms with Crippen LogP contribution in [0.3, 0.4) is 0 Å². The Balaban J connectivity index is 2.23. The number of carbonyl (C=O) groups excluding carboxylic acids is 1. The predicted molar refractivity (Wildman–Crippen MR) is 69.6 cm³/mol. The minimum absolute atomic E-state index is 0.0904. The van der Waals surface area contributed by atoms with Crippen LogP contribution >= 0.6 is 0 Å². The standard InChI is InChI=1S/C15H15NO2/c1-15(2)8-7-11-13(17)12(16)9-5-3-4-6-10(9)14(11)18-15/h3-6,16H,7-8H2,1-2H3. The van der Waals surface area contributed by atoms with Gasteiger partial charge in [0.25, 0.3) is 0 Å². The molecule has 0 bridgehead atoms. The van der Waals surface area contributed by atoms with E-state index < -0.39 is 0 Å². The molecule has 18 heavy (non-hydrogen) atoms. The van der Waals surface area contributed by atoms with Crippen molar-refractivity contribution in [1.82, 2.24) is 0 Å². The molecule has 3 heteroatoms. The van der Waals surface area contributed by atoms with E-state index in [1.54, 1.807) is 0 Å². The summed E-state index contributed by atoms with van der Waals surface area (Å²) in [5, 5.41) is 7.96. The molecule has 0 amide bonds. The first-order valence-corrected chi connectivity index (χ1v) is 6.15. The summed E-state index contributed by atoms with van der Waals surface area (Å²) in [5.74, 6) is 0.502. The van der Waals surface area contributed by atoms with Crippen LogP contribution in [-0.2, 0) is 9.53 Å². The monoisotopic (exact) mass is 241 g/mol. The lowest BCUT2D eigenvalue weighted by Gasteiger charge is -2.36. The predicted octanol–water partition coefficient (Wildman–Crippen LogP) is 2.94. The number of hydrogen-bond donors (Lipinski definition) is 1. The van der Waals surface area contributed by atoms with E-state index in [1.165, 1.54) is 0 Å². The van der Waals surface area contributed by atoms with Gasteiger partial charge in [0, 0.05) is 16.7 Å². The van der Waals surface area contributed by atoms with E-state index in [1.807, 2.05) is 38.1 Å². The number of fused-ring (bicyclic) bond motifs is 2. The summed E-state index contributed by atoms with van der Waals surface area (Å²) in [6, 6.07) is 7.50. The number of rotatable bonds is 0. The Kier molecular flexibility index (Phi) is 2.21. The Morgan fingerprint density at radius 1 is 1.22 bits per heavy atom. The van der Waals surface area contributed by atoms with Gasteiger partial charge in [0.15, 0.2) is 0 Å². The Bertz CT molecular complexity index is 596. The van der Waals surface area contributed by atoms with Crippen LogP contribution in [0.1, 0.15) is 37.8 Å². The van der Waals surface area contributed by atoms with Crippen LogP contribution in [0.25, 0.3) is 5.76 Å². The second kappa shape index (κ2) is 3.55. The summed E-state index contributed by atoms with van der Waals surface area (Å²) in [4.78, 5) is 12.2. The van der Waals surface area contributed by atoms with E-state index in [4.69, 9.17) is 10.1 Å². The van der Waals surface area contributed by atoms with Gasteiger partial charge >= 0.3 is 0 Å². The third-order valence-electron chi connectivity index (χ3n) is 3.57. The Hall–Kier alpha value is -1.90. The van der Waals surface area contributed by atoms with Crippen molar-refractivity contribution in [1.29, 1.82) is 5.41 Å². The van der Waals surface area contributed by atoms with E-state index in [-0.39, 0.29) is 17.1 Å². The Labute approximate surface area is 106 Å². The molecule has 1 N–H and O–H groups in total. The highest BCUT2D eigenvalue weighted by Crippen LogP contribution is 2.40. The third-order valence-corrected chi connectivity index (χ3v) is 3.57. The van der Waals surface area contributed by atoms with Gasteiger partial charge in [-0.2, -0.15) is 0 Å². The average Bonchev–Trinajstić information content (AvgIpc) is 2.35. The van der Waals surface area contributed by atoms with E-state index in [0.717, 1.165) is 12.0 Å². The molecule has 0 unspecified atom stereocenters. The summed E-state index contributed by atoms with van der Waals surface area (Å²) in [7, 11) is 0. The summed E-state index contributed by atoms with van der Waals surface area (Å²) in [6.07, 6.45) is 1.50. The molecule has 0 aromatic heterocycles. The number of ether oxygens (including phenoxy) is 1. The lowest BCUT2D eigenvalue weighted by atomic mass is 9.82. The average molecular weight is 241 g/mol. The molecule has 3 nitrogen and oxygen atoms in total. The first-order valence-electron chi connectivity index (χ1n) is 6.15. The smallest absolute Gasteiger partial charge is 0.210 e. The molecule has 1 heterocycles. The van der Waals surface area contributed by atoms with Crippen LogP contribution in [0.4, 0.5) is 0 Å². The Morgan fingerprint density at radius 3 is 2.61 bits per heavy atom. The maximum atomic E-state index is 12.2. The number of carbonyl (C=O) groups is 1. The molecule has 0 saturated heterocycles. The second-order valence-electron chi connectivity index (χ2n) is 5.42. The van der Waals surface area contributed by atoms with E-state index in [2.05, 4.69) is 0 Å². The molecule has 92 valence electrons. The fraction of sp³-hybridized carbons (Fsp3) is 0.333. The number of ketones is 1. The molecule has 0 fully saturated rings. The molecular formula is C15H15NO2. The molecule has 3 rings (SSSR count). The van der Waals surface area contributed by atoms with Crippen molar-refractivity contribution in [2.75, 3.05) is 0 Å². The van der Waals surface area contributed by atoms with Gasteiger partial charge in [0.1, 0.15) is 17.1 Å². The molecule has 0 saturated carbocycles. The van der Waals surface area contributed by atoms with Crippen molar-refractivity contribution in [3.8, 4) is 0 Å². The number of nitrogens with one attached hydrogen (secondary N) is 1. The number of hydrogen-bond acceptors (Lipinski definition) is 3. The number of allylic oxidation sites excluding steroid dienone is 1. The highest BCUT2D eigenvalue weighted by atomic mass is 16.5.